The zero-order chi connectivity index (χ0) is 9.97. The predicted molar refractivity (Wildman–Crippen MR) is 59.5 cm³/mol. The molecule has 2 heterocycles. The molecule has 84 valence electrons. The highest BCUT2D eigenvalue weighted by Crippen LogP contribution is 2.27. The van der Waals surface area contributed by atoms with Crippen LogP contribution in [0, 0.1) is 0 Å². The van der Waals surface area contributed by atoms with E-state index in [4.69, 9.17) is 16.3 Å². The lowest BCUT2D eigenvalue weighted by molar-refractivity contribution is -0.0000890. The Morgan fingerprint density at radius 2 is 2.33 bits per heavy atom. The van der Waals surface area contributed by atoms with E-state index < -0.39 is 0 Å². The molecule has 0 spiro atoms. The van der Waals surface area contributed by atoms with Crippen LogP contribution < -0.4 is 5.32 Å². The Morgan fingerprint density at radius 3 is 3.00 bits per heavy atom. The Labute approximate surface area is 99.0 Å². The molecule has 1 fully saturated rings. The smallest absolute Gasteiger partial charge is 0.144 e. The molecule has 2 atom stereocenters. The van der Waals surface area contributed by atoms with Crippen molar-refractivity contribution in [1.29, 1.82) is 0 Å². The largest absolute Gasteiger partial charge is 0.506 e. The lowest BCUT2D eigenvalue weighted by Gasteiger charge is -2.27. The van der Waals surface area contributed by atoms with E-state index in [1.807, 2.05) is 0 Å². The summed E-state index contributed by atoms with van der Waals surface area (Å²) in [4.78, 5) is 4.06. The zero-order valence-corrected chi connectivity index (χ0v) is 9.46. The number of pyridine rings is 1. The van der Waals surface area contributed by atoms with Crippen LogP contribution in [0.2, 0.25) is 0 Å². The third-order valence-electron chi connectivity index (χ3n) is 2.07. The fourth-order valence-electron chi connectivity index (χ4n) is 1.42. The van der Waals surface area contributed by atoms with E-state index in [1.165, 1.54) is 0 Å². The van der Waals surface area contributed by atoms with Crippen LogP contribution in [-0.2, 0) is 4.74 Å². The Bertz CT molecular complexity index is 325. The number of hydrogen-bond acceptors (Lipinski definition) is 4. The molecule has 0 bridgehead atoms. The van der Waals surface area contributed by atoms with Crippen molar-refractivity contribution in [1.82, 2.24) is 10.3 Å². The molecule has 0 saturated carbocycles. The lowest BCUT2D eigenvalue weighted by atomic mass is 10.2. The van der Waals surface area contributed by atoms with Crippen LogP contribution in [0.15, 0.2) is 18.3 Å². The van der Waals surface area contributed by atoms with Crippen molar-refractivity contribution in [3.05, 3.63) is 24.0 Å². The third kappa shape index (κ3) is 2.95. The van der Waals surface area contributed by atoms with Crippen LogP contribution in [0.25, 0.3) is 0 Å². The molecule has 0 aliphatic carbocycles. The maximum absolute atomic E-state index is 9.54. The van der Waals surface area contributed by atoms with Gasteiger partial charge < -0.3 is 15.2 Å². The number of hydrogen-bond donors (Lipinski definition) is 2. The summed E-state index contributed by atoms with van der Waals surface area (Å²) in [6.45, 7) is 1.24. The van der Waals surface area contributed by atoms with Crippen LogP contribution in [0.4, 0.5) is 0 Å². The summed E-state index contributed by atoms with van der Waals surface area (Å²) in [5, 5.41) is 12.6. The van der Waals surface area contributed by atoms with E-state index in [9.17, 15) is 5.11 Å². The Kier molecular flexibility index (Phi) is 4.60. The summed E-state index contributed by atoms with van der Waals surface area (Å²) in [5.41, 5.74) is 0.167. The van der Waals surface area contributed by atoms with Gasteiger partial charge in [-0.05, 0) is 12.1 Å². The molecule has 2 N–H and O–H groups in total. The Balaban J connectivity index is 0.00000112. The van der Waals surface area contributed by atoms with Gasteiger partial charge in [-0.3, -0.25) is 4.98 Å². The fourth-order valence-corrected chi connectivity index (χ4v) is 1.65. The maximum Gasteiger partial charge on any atom is 0.144 e. The molecule has 4 nitrogen and oxygen atoms in total. The number of morpholine rings is 1. The first kappa shape index (κ1) is 12.5. The maximum atomic E-state index is 9.54. The molecule has 6 heteroatoms. The molecule has 0 aromatic carbocycles. The normalized spacial score (nSPS) is 25.7. The van der Waals surface area contributed by atoms with E-state index in [0.29, 0.717) is 18.8 Å². The molecular formula is C9H12Cl2N2O2. The molecule has 2 rings (SSSR count). The van der Waals surface area contributed by atoms with Crippen molar-refractivity contribution in [2.75, 3.05) is 13.1 Å². The molecule has 0 radical (unpaired) electrons. The minimum Gasteiger partial charge on any atom is -0.506 e. The summed E-state index contributed by atoms with van der Waals surface area (Å²) < 4.78 is 5.43. The van der Waals surface area contributed by atoms with Gasteiger partial charge in [-0.15, -0.1) is 12.4 Å². The molecule has 1 aromatic rings. The first-order valence-corrected chi connectivity index (χ1v) is 4.85. The van der Waals surface area contributed by atoms with Gasteiger partial charge in [0, 0.05) is 19.3 Å². The fraction of sp³-hybridized carbons (Fsp3) is 0.444. The summed E-state index contributed by atoms with van der Waals surface area (Å²) in [7, 11) is 0. The minimum atomic E-state index is -0.366. The molecule has 1 aromatic heterocycles. The summed E-state index contributed by atoms with van der Waals surface area (Å²) in [6.07, 6.45) is 1.35. The molecular weight excluding hydrogens is 239 g/mol. The molecule has 0 amide bonds. The van der Waals surface area contributed by atoms with Crippen LogP contribution >= 0.6 is 24.0 Å². The number of nitrogens with zero attached hydrogens (tertiary/aromatic N) is 1. The number of aromatic nitrogens is 1. The molecule has 1 aliphatic rings. The summed E-state index contributed by atoms with van der Waals surface area (Å²) >= 11 is 5.82. The highest BCUT2D eigenvalue weighted by molar-refractivity contribution is 6.19. The van der Waals surface area contributed by atoms with E-state index in [-0.39, 0.29) is 29.8 Å². The van der Waals surface area contributed by atoms with E-state index in [0.717, 1.165) is 0 Å². The number of alkyl halides is 1. The highest BCUT2D eigenvalue weighted by atomic mass is 35.5. The summed E-state index contributed by atoms with van der Waals surface area (Å²) in [5.74, 6) is 0.144. The third-order valence-corrected chi connectivity index (χ3v) is 2.32. The van der Waals surface area contributed by atoms with Gasteiger partial charge in [-0.1, -0.05) is 11.6 Å². The average molecular weight is 251 g/mol. The van der Waals surface area contributed by atoms with Crippen LogP contribution in [0.1, 0.15) is 11.8 Å². The van der Waals surface area contributed by atoms with Crippen LogP contribution in [0.3, 0.4) is 0 Å². The average Bonchev–Trinajstić information content (AvgIpc) is 2.18. The van der Waals surface area contributed by atoms with Crippen molar-refractivity contribution in [3.8, 4) is 5.75 Å². The molecule has 1 saturated heterocycles. The molecule has 1 aliphatic heterocycles. The van der Waals surface area contributed by atoms with Crippen molar-refractivity contribution in [2.24, 2.45) is 0 Å². The topological polar surface area (TPSA) is 54.4 Å². The highest BCUT2D eigenvalue weighted by Gasteiger charge is 2.24. The van der Waals surface area contributed by atoms with Gasteiger partial charge in [0.25, 0.3) is 0 Å². The number of nitrogens with one attached hydrogen (secondary N) is 1. The standard InChI is InChI=1S/C9H11ClN2O2.ClH/c10-8-5-11-4-7(14-8)9-6(13)2-1-3-12-9;/h1-3,7-8,11,13H,4-5H2;1H. The van der Waals surface area contributed by atoms with Crippen LogP contribution in [0.5, 0.6) is 5.75 Å². The van der Waals surface area contributed by atoms with Gasteiger partial charge in [-0.25, -0.2) is 0 Å². The lowest BCUT2D eigenvalue weighted by Crippen LogP contribution is -2.38. The van der Waals surface area contributed by atoms with Gasteiger partial charge in [-0.2, -0.15) is 0 Å². The second-order valence-electron chi connectivity index (χ2n) is 3.10. The summed E-state index contributed by atoms with van der Waals surface area (Å²) in [6, 6.07) is 3.26. The number of rotatable bonds is 1. The van der Waals surface area contributed by atoms with Gasteiger partial charge in [0.05, 0.1) is 0 Å². The predicted octanol–water partition coefficient (Wildman–Crippen LogP) is 1.43. The van der Waals surface area contributed by atoms with Gasteiger partial charge in [0.1, 0.15) is 23.1 Å². The van der Waals surface area contributed by atoms with E-state index >= 15 is 0 Å². The Morgan fingerprint density at radius 1 is 1.53 bits per heavy atom. The Hall–Kier alpha value is -0.550. The second-order valence-corrected chi connectivity index (χ2v) is 3.59. The van der Waals surface area contributed by atoms with Crippen LogP contribution in [-0.4, -0.2) is 28.7 Å². The van der Waals surface area contributed by atoms with E-state index in [1.54, 1.807) is 18.3 Å². The quantitative estimate of drug-likeness (QED) is 0.741. The van der Waals surface area contributed by atoms with Gasteiger partial charge in [0.2, 0.25) is 0 Å². The van der Waals surface area contributed by atoms with Crippen molar-refractivity contribution < 1.29 is 9.84 Å². The van der Waals surface area contributed by atoms with Gasteiger partial charge >= 0.3 is 0 Å². The zero-order valence-electron chi connectivity index (χ0n) is 7.89. The first-order valence-electron chi connectivity index (χ1n) is 4.41. The number of ether oxygens (including phenoxy) is 1. The monoisotopic (exact) mass is 250 g/mol. The number of aromatic hydroxyl groups is 1. The second kappa shape index (κ2) is 5.51. The minimum absolute atomic E-state index is 0. The first-order chi connectivity index (χ1) is 6.77. The van der Waals surface area contributed by atoms with Crippen molar-refractivity contribution in [2.45, 2.75) is 11.7 Å². The van der Waals surface area contributed by atoms with E-state index in [2.05, 4.69) is 10.3 Å². The molecule has 15 heavy (non-hydrogen) atoms. The SMILES string of the molecule is Cl.Oc1cccnc1C1CNCC(Cl)O1. The van der Waals surface area contributed by atoms with Gasteiger partial charge in [0.15, 0.2) is 0 Å². The molecule has 2 unspecified atom stereocenters. The van der Waals surface area contributed by atoms with Crippen molar-refractivity contribution in [3.63, 3.8) is 0 Å². The number of halogens is 2. The van der Waals surface area contributed by atoms with Crippen molar-refractivity contribution >= 4 is 24.0 Å².